The van der Waals surface area contributed by atoms with Gasteiger partial charge >= 0.3 is 11.9 Å². The molecule has 0 aromatic rings. The number of hydrogen-bond acceptors (Lipinski definition) is 3. The second-order valence-corrected chi connectivity index (χ2v) is 2.94. The number of carboxylic acid groups (broad SMARTS) is 1. The number of aliphatic carboxylic acids is 1. The zero-order chi connectivity index (χ0) is 9.07. The number of carbonyl (C=O) groups is 2. The van der Waals surface area contributed by atoms with Crippen LogP contribution in [0.25, 0.3) is 0 Å². The van der Waals surface area contributed by atoms with Crippen LogP contribution < -0.4 is 0 Å². The Morgan fingerprint density at radius 3 is 2.18 bits per heavy atom. The maximum atomic E-state index is 10.6. The zero-order valence-corrected chi connectivity index (χ0v) is 6.88. The highest BCUT2D eigenvalue weighted by atomic mass is 16.5. The van der Waals surface area contributed by atoms with Crippen LogP contribution in [-0.2, 0) is 14.3 Å². The molecule has 0 saturated carbocycles. The Kier molecular flexibility index (Phi) is 3.04. The molecule has 11 heavy (non-hydrogen) atoms. The van der Waals surface area contributed by atoms with E-state index in [1.165, 1.54) is 21.0 Å². The molecular weight excluding hydrogens is 148 g/mol. The molecule has 0 rings (SSSR count). The van der Waals surface area contributed by atoms with Crippen molar-refractivity contribution in [3.63, 3.8) is 0 Å². The lowest BCUT2D eigenvalue weighted by Crippen LogP contribution is -2.27. The summed E-state index contributed by atoms with van der Waals surface area (Å²) in [6.07, 6.45) is -0.0984. The van der Waals surface area contributed by atoms with Crippen molar-refractivity contribution in [2.75, 3.05) is 7.11 Å². The molecule has 0 bridgehead atoms. The Morgan fingerprint density at radius 2 is 1.91 bits per heavy atom. The highest BCUT2D eigenvalue weighted by Gasteiger charge is 2.30. The Bertz CT molecular complexity index is 171. The van der Waals surface area contributed by atoms with Crippen LogP contribution in [0.2, 0.25) is 0 Å². The molecule has 0 heterocycles. The summed E-state index contributed by atoms with van der Waals surface area (Å²) >= 11 is 0. The first-order valence-corrected chi connectivity index (χ1v) is 3.20. The van der Waals surface area contributed by atoms with E-state index in [1.807, 2.05) is 0 Å². The largest absolute Gasteiger partial charge is 0.481 e. The van der Waals surface area contributed by atoms with E-state index >= 15 is 0 Å². The third-order valence-electron chi connectivity index (χ3n) is 1.39. The molecule has 64 valence electrons. The van der Waals surface area contributed by atoms with E-state index in [0.29, 0.717) is 0 Å². The van der Waals surface area contributed by atoms with Gasteiger partial charge in [0, 0.05) is 0 Å². The average molecular weight is 160 g/mol. The first kappa shape index (κ1) is 9.94. The summed E-state index contributed by atoms with van der Waals surface area (Å²) in [5.74, 6) is -1.50. The molecular formula is C7H12O4. The van der Waals surface area contributed by atoms with Gasteiger partial charge in [0.15, 0.2) is 0 Å². The molecule has 4 nitrogen and oxygen atoms in total. The van der Waals surface area contributed by atoms with Gasteiger partial charge in [0.2, 0.25) is 0 Å². The zero-order valence-electron chi connectivity index (χ0n) is 6.88. The quantitative estimate of drug-likeness (QED) is 0.616. The van der Waals surface area contributed by atoms with Crippen molar-refractivity contribution in [2.45, 2.75) is 20.3 Å². The van der Waals surface area contributed by atoms with Crippen molar-refractivity contribution in [1.82, 2.24) is 0 Å². The fraction of sp³-hybridized carbons (Fsp3) is 0.714. The van der Waals surface area contributed by atoms with Crippen LogP contribution in [0.3, 0.4) is 0 Å². The third-order valence-corrected chi connectivity index (χ3v) is 1.39. The minimum atomic E-state index is -1.03. The van der Waals surface area contributed by atoms with Gasteiger partial charge in [0.05, 0.1) is 18.9 Å². The molecule has 0 aliphatic rings. The van der Waals surface area contributed by atoms with Crippen molar-refractivity contribution in [1.29, 1.82) is 0 Å². The van der Waals surface area contributed by atoms with Gasteiger partial charge in [-0.25, -0.2) is 0 Å². The van der Waals surface area contributed by atoms with Gasteiger partial charge in [-0.15, -0.1) is 0 Å². The number of hydrogen-bond donors (Lipinski definition) is 1. The molecule has 1 N–H and O–H groups in total. The number of rotatable bonds is 3. The van der Waals surface area contributed by atoms with E-state index in [2.05, 4.69) is 4.74 Å². The predicted molar refractivity (Wildman–Crippen MR) is 38.0 cm³/mol. The van der Waals surface area contributed by atoms with Crippen molar-refractivity contribution in [2.24, 2.45) is 5.41 Å². The topological polar surface area (TPSA) is 63.6 Å². The summed E-state index contributed by atoms with van der Waals surface area (Å²) in [4.78, 5) is 21.1. The second kappa shape index (κ2) is 3.37. The predicted octanol–water partition coefficient (Wildman–Crippen LogP) is 0.660. The molecule has 0 aromatic carbocycles. The molecule has 0 amide bonds. The highest BCUT2D eigenvalue weighted by Crippen LogP contribution is 2.20. The summed E-state index contributed by atoms with van der Waals surface area (Å²) in [6.45, 7) is 2.96. The van der Waals surface area contributed by atoms with E-state index in [9.17, 15) is 9.59 Å². The SMILES string of the molecule is COC(=O)CC(C)(C)C(=O)O. The molecule has 0 aromatic heterocycles. The maximum absolute atomic E-state index is 10.6. The summed E-state index contributed by atoms with van der Waals surface area (Å²) in [6, 6.07) is 0. The second-order valence-electron chi connectivity index (χ2n) is 2.94. The average Bonchev–Trinajstić information content (AvgIpc) is 1.86. The first-order valence-electron chi connectivity index (χ1n) is 3.20. The van der Waals surface area contributed by atoms with Gasteiger partial charge in [-0.1, -0.05) is 0 Å². The molecule has 0 aliphatic carbocycles. The summed E-state index contributed by atoms with van der Waals surface area (Å²) in [5, 5.41) is 8.58. The Balaban J connectivity index is 4.12. The Morgan fingerprint density at radius 1 is 1.45 bits per heavy atom. The number of carboxylic acids is 1. The van der Waals surface area contributed by atoms with E-state index in [4.69, 9.17) is 5.11 Å². The van der Waals surface area contributed by atoms with E-state index in [1.54, 1.807) is 0 Å². The highest BCUT2D eigenvalue weighted by molar-refractivity contribution is 5.81. The summed E-state index contributed by atoms with van der Waals surface area (Å²) in [5.41, 5.74) is -1.03. The third kappa shape index (κ3) is 3.02. The summed E-state index contributed by atoms with van der Waals surface area (Å²) in [7, 11) is 1.24. The molecule has 0 spiro atoms. The lowest BCUT2D eigenvalue weighted by atomic mass is 9.90. The number of esters is 1. The van der Waals surface area contributed by atoms with E-state index in [0.717, 1.165) is 0 Å². The van der Waals surface area contributed by atoms with Crippen LogP contribution in [0.4, 0.5) is 0 Å². The molecule has 4 heteroatoms. The van der Waals surface area contributed by atoms with Gasteiger partial charge in [-0.2, -0.15) is 0 Å². The fourth-order valence-electron chi connectivity index (χ4n) is 0.509. The molecule has 0 unspecified atom stereocenters. The van der Waals surface area contributed by atoms with Crippen LogP contribution in [0.1, 0.15) is 20.3 Å². The Labute approximate surface area is 65.2 Å². The Hall–Kier alpha value is -1.06. The standard InChI is InChI=1S/C7H12O4/c1-7(2,6(9)10)4-5(8)11-3/h4H2,1-3H3,(H,9,10). The first-order chi connectivity index (χ1) is 4.90. The van der Waals surface area contributed by atoms with Gasteiger partial charge in [0.1, 0.15) is 0 Å². The minimum absolute atomic E-state index is 0.0984. The molecule has 0 atom stereocenters. The monoisotopic (exact) mass is 160 g/mol. The number of ether oxygens (including phenoxy) is 1. The van der Waals surface area contributed by atoms with Gasteiger partial charge in [-0.05, 0) is 13.8 Å². The van der Waals surface area contributed by atoms with Crippen molar-refractivity contribution in [3.05, 3.63) is 0 Å². The van der Waals surface area contributed by atoms with Gasteiger partial charge in [-0.3, -0.25) is 9.59 Å². The van der Waals surface area contributed by atoms with E-state index in [-0.39, 0.29) is 6.42 Å². The minimum Gasteiger partial charge on any atom is -0.481 e. The summed E-state index contributed by atoms with van der Waals surface area (Å²) < 4.78 is 4.33. The molecule has 0 fully saturated rings. The maximum Gasteiger partial charge on any atom is 0.309 e. The van der Waals surface area contributed by atoms with Crippen LogP contribution >= 0.6 is 0 Å². The van der Waals surface area contributed by atoms with Crippen LogP contribution in [0.15, 0.2) is 0 Å². The number of carbonyl (C=O) groups excluding carboxylic acids is 1. The van der Waals surface area contributed by atoms with Crippen LogP contribution in [-0.4, -0.2) is 24.2 Å². The van der Waals surface area contributed by atoms with Gasteiger partial charge < -0.3 is 9.84 Å². The van der Waals surface area contributed by atoms with Crippen LogP contribution in [0.5, 0.6) is 0 Å². The van der Waals surface area contributed by atoms with Crippen molar-refractivity contribution < 1.29 is 19.4 Å². The van der Waals surface area contributed by atoms with Gasteiger partial charge in [0.25, 0.3) is 0 Å². The lowest BCUT2D eigenvalue weighted by molar-refractivity contribution is -0.154. The van der Waals surface area contributed by atoms with Crippen molar-refractivity contribution >= 4 is 11.9 Å². The normalized spacial score (nSPS) is 10.8. The van der Waals surface area contributed by atoms with Crippen molar-refractivity contribution in [3.8, 4) is 0 Å². The smallest absolute Gasteiger partial charge is 0.309 e. The number of methoxy groups -OCH3 is 1. The van der Waals surface area contributed by atoms with E-state index < -0.39 is 17.4 Å². The molecule has 0 aliphatic heterocycles. The molecule has 0 saturated heterocycles. The molecule has 0 radical (unpaired) electrons. The van der Waals surface area contributed by atoms with Crippen LogP contribution in [0, 0.1) is 5.41 Å². The lowest BCUT2D eigenvalue weighted by Gasteiger charge is -2.16. The fourth-order valence-corrected chi connectivity index (χ4v) is 0.509.